The smallest absolute Gasteiger partial charge is 0.209 e. The standard InChI is InChI=1S/C20H32O2/c1-7-8-9-10-15-21-20(6,17(4)5)22-19-13-11-18(12-14-19)16(2)3/h11-14,17H,2,7-10,15H2,1,3-6H3. The van der Waals surface area contributed by atoms with E-state index in [1.54, 1.807) is 0 Å². The minimum atomic E-state index is -0.586. The molecular weight excluding hydrogens is 272 g/mol. The van der Waals surface area contributed by atoms with Crippen LogP contribution in [0.15, 0.2) is 30.8 Å². The molecule has 22 heavy (non-hydrogen) atoms. The molecule has 0 aliphatic heterocycles. The van der Waals surface area contributed by atoms with E-state index in [0.29, 0.717) is 0 Å². The van der Waals surface area contributed by atoms with Crippen molar-refractivity contribution in [3.63, 3.8) is 0 Å². The molecule has 0 saturated carbocycles. The molecule has 0 aliphatic carbocycles. The highest BCUT2D eigenvalue weighted by molar-refractivity contribution is 5.61. The van der Waals surface area contributed by atoms with Crippen LogP contribution >= 0.6 is 0 Å². The molecule has 1 aromatic carbocycles. The van der Waals surface area contributed by atoms with Gasteiger partial charge in [0.2, 0.25) is 5.79 Å². The van der Waals surface area contributed by atoms with Crippen molar-refractivity contribution in [1.29, 1.82) is 0 Å². The lowest BCUT2D eigenvalue weighted by molar-refractivity contribution is -0.198. The summed E-state index contributed by atoms with van der Waals surface area (Å²) >= 11 is 0. The zero-order valence-corrected chi connectivity index (χ0v) is 14.9. The fraction of sp³-hybridized carbons (Fsp3) is 0.600. The molecule has 0 saturated heterocycles. The predicted octanol–water partition coefficient (Wildman–Crippen LogP) is 6.07. The molecule has 0 N–H and O–H groups in total. The molecule has 0 spiro atoms. The van der Waals surface area contributed by atoms with Crippen LogP contribution in [0.2, 0.25) is 0 Å². The summed E-state index contributed by atoms with van der Waals surface area (Å²) in [5.74, 6) is 0.533. The summed E-state index contributed by atoms with van der Waals surface area (Å²) in [6.45, 7) is 15.2. The van der Waals surface area contributed by atoms with Gasteiger partial charge in [-0.2, -0.15) is 0 Å². The first-order chi connectivity index (χ1) is 10.4. The Balaban J connectivity index is 2.63. The molecule has 1 aromatic rings. The van der Waals surface area contributed by atoms with Crippen LogP contribution in [0.1, 0.15) is 65.9 Å². The first-order valence-corrected chi connectivity index (χ1v) is 8.48. The van der Waals surface area contributed by atoms with E-state index >= 15 is 0 Å². The van der Waals surface area contributed by atoms with Crippen molar-refractivity contribution in [1.82, 2.24) is 0 Å². The van der Waals surface area contributed by atoms with Gasteiger partial charge in [0.15, 0.2) is 0 Å². The van der Waals surface area contributed by atoms with Crippen LogP contribution in [0.25, 0.3) is 5.57 Å². The van der Waals surface area contributed by atoms with E-state index in [0.717, 1.165) is 29.9 Å². The van der Waals surface area contributed by atoms with Crippen molar-refractivity contribution in [2.75, 3.05) is 6.61 Å². The Morgan fingerprint density at radius 3 is 2.27 bits per heavy atom. The van der Waals surface area contributed by atoms with Crippen LogP contribution < -0.4 is 4.74 Å². The zero-order valence-electron chi connectivity index (χ0n) is 14.9. The fourth-order valence-electron chi connectivity index (χ4n) is 2.16. The van der Waals surface area contributed by atoms with E-state index in [4.69, 9.17) is 9.47 Å². The van der Waals surface area contributed by atoms with Gasteiger partial charge >= 0.3 is 0 Å². The second-order valence-electron chi connectivity index (χ2n) is 6.49. The number of hydrogen-bond donors (Lipinski definition) is 0. The predicted molar refractivity (Wildman–Crippen MR) is 95.1 cm³/mol. The summed E-state index contributed by atoms with van der Waals surface area (Å²) in [4.78, 5) is 0. The zero-order chi connectivity index (χ0) is 16.6. The summed E-state index contributed by atoms with van der Waals surface area (Å²) in [7, 11) is 0. The monoisotopic (exact) mass is 304 g/mol. The van der Waals surface area contributed by atoms with Gasteiger partial charge in [-0.1, -0.05) is 64.3 Å². The average molecular weight is 304 g/mol. The minimum absolute atomic E-state index is 0.277. The molecule has 0 heterocycles. The fourth-order valence-corrected chi connectivity index (χ4v) is 2.16. The highest BCUT2D eigenvalue weighted by Crippen LogP contribution is 2.28. The number of ether oxygens (including phenoxy) is 2. The number of unbranched alkanes of at least 4 members (excludes halogenated alkanes) is 3. The van der Waals surface area contributed by atoms with Crippen molar-refractivity contribution in [3.8, 4) is 5.75 Å². The Morgan fingerprint density at radius 1 is 1.14 bits per heavy atom. The third-order valence-corrected chi connectivity index (χ3v) is 4.10. The molecule has 1 rings (SSSR count). The third kappa shape index (κ3) is 5.84. The molecule has 0 aromatic heterocycles. The second kappa shape index (κ2) is 8.99. The normalized spacial score (nSPS) is 13.9. The lowest BCUT2D eigenvalue weighted by atomic mass is 10.0. The van der Waals surface area contributed by atoms with Crippen LogP contribution in [0.5, 0.6) is 5.75 Å². The van der Waals surface area contributed by atoms with Crippen molar-refractivity contribution in [2.24, 2.45) is 5.92 Å². The molecule has 0 amide bonds. The van der Waals surface area contributed by atoms with Gasteiger partial charge < -0.3 is 9.47 Å². The third-order valence-electron chi connectivity index (χ3n) is 4.10. The summed E-state index contributed by atoms with van der Waals surface area (Å²) < 4.78 is 12.2. The van der Waals surface area contributed by atoms with Gasteiger partial charge in [-0.15, -0.1) is 0 Å². The van der Waals surface area contributed by atoms with Crippen molar-refractivity contribution < 1.29 is 9.47 Å². The summed E-state index contributed by atoms with van der Waals surface area (Å²) in [6.07, 6.45) is 4.82. The summed E-state index contributed by atoms with van der Waals surface area (Å²) in [6, 6.07) is 8.06. The van der Waals surface area contributed by atoms with Gasteiger partial charge in [0.25, 0.3) is 0 Å². The van der Waals surface area contributed by atoms with E-state index < -0.39 is 5.79 Å². The van der Waals surface area contributed by atoms with Crippen molar-refractivity contribution >= 4 is 5.57 Å². The molecule has 2 heteroatoms. The minimum Gasteiger partial charge on any atom is -0.462 e. The van der Waals surface area contributed by atoms with Crippen LogP contribution in [-0.4, -0.2) is 12.4 Å². The number of allylic oxidation sites excluding steroid dienone is 1. The topological polar surface area (TPSA) is 18.5 Å². The summed E-state index contributed by atoms with van der Waals surface area (Å²) in [5, 5.41) is 0. The molecule has 0 fully saturated rings. The first kappa shape index (κ1) is 18.8. The van der Waals surface area contributed by atoms with Crippen LogP contribution in [0, 0.1) is 5.92 Å². The maximum atomic E-state index is 6.15. The van der Waals surface area contributed by atoms with Gasteiger partial charge in [-0.25, -0.2) is 0 Å². The lowest BCUT2D eigenvalue weighted by Gasteiger charge is -2.34. The lowest BCUT2D eigenvalue weighted by Crippen LogP contribution is -2.41. The van der Waals surface area contributed by atoms with E-state index in [9.17, 15) is 0 Å². The molecule has 1 unspecified atom stereocenters. The molecule has 0 radical (unpaired) electrons. The quantitative estimate of drug-likeness (QED) is 0.386. The average Bonchev–Trinajstić information content (AvgIpc) is 2.47. The first-order valence-electron chi connectivity index (χ1n) is 8.48. The van der Waals surface area contributed by atoms with Gasteiger partial charge in [0.1, 0.15) is 5.75 Å². The number of hydrogen-bond acceptors (Lipinski definition) is 2. The van der Waals surface area contributed by atoms with E-state index in [-0.39, 0.29) is 5.92 Å². The highest BCUT2D eigenvalue weighted by atomic mass is 16.7. The molecular formula is C20H32O2. The highest BCUT2D eigenvalue weighted by Gasteiger charge is 2.31. The second-order valence-corrected chi connectivity index (χ2v) is 6.49. The van der Waals surface area contributed by atoms with Gasteiger partial charge in [-0.05, 0) is 31.0 Å². The SMILES string of the molecule is C=C(C)c1ccc(OC(C)(OCCCCCC)C(C)C)cc1. The summed E-state index contributed by atoms with van der Waals surface area (Å²) in [5.41, 5.74) is 2.20. The van der Waals surface area contributed by atoms with Crippen LogP contribution in [0.3, 0.4) is 0 Å². The maximum Gasteiger partial charge on any atom is 0.209 e. The molecule has 2 nitrogen and oxygen atoms in total. The van der Waals surface area contributed by atoms with E-state index in [2.05, 4.69) is 27.4 Å². The van der Waals surface area contributed by atoms with E-state index in [1.807, 2.05) is 38.1 Å². The molecule has 0 aliphatic rings. The van der Waals surface area contributed by atoms with Gasteiger partial charge in [0, 0.05) is 12.8 Å². The Kier molecular flexibility index (Phi) is 7.67. The Bertz CT molecular complexity index is 447. The Labute approximate surface area is 136 Å². The van der Waals surface area contributed by atoms with Crippen LogP contribution in [-0.2, 0) is 4.74 Å². The Hall–Kier alpha value is -1.28. The molecule has 1 atom stereocenters. The van der Waals surface area contributed by atoms with Crippen molar-refractivity contribution in [3.05, 3.63) is 36.4 Å². The van der Waals surface area contributed by atoms with Crippen LogP contribution in [0.4, 0.5) is 0 Å². The Morgan fingerprint density at radius 2 is 1.77 bits per heavy atom. The van der Waals surface area contributed by atoms with Gasteiger partial charge in [-0.3, -0.25) is 0 Å². The number of rotatable bonds is 10. The number of benzene rings is 1. The van der Waals surface area contributed by atoms with Gasteiger partial charge in [0.05, 0.1) is 6.61 Å². The molecule has 124 valence electrons. The van der Waals surface area contributed by atoms with Crippen molar-refractivity contribution in [2.45, 2.75) is 66.1 Å². The maximum absolute atomic E-state index is 6.15. The molecule has 0 bridgehead atoms. The van der Waals surface area contributed by atoms with E-state index in [1.165, 1.54) is 19.3 Å². The largest absolute Gasteiger partial charge is 0.462 e.